The van der Waals surface area contributed by atoms with Gasteiger partial charge in [-0.2, -0.15) is 5.01 Å². The predicted octanol–water partition coefficient (Wildman–Crippen LogP) is 5.41. The molecule has 0 atom stereocenters. The van der Waals surface area contributed by atoms with E-state index in [0.717, 1.165) is 30.2 Å². The van der Waals surface area contributed by atoms with Gasteiger partial charge in [-0.15, -0.1) is 0 Å². The van der Waals surface area contributed by atoms with Crippen molar-refractivity contribution in [1.82, 2.24) is 4.68 Å². The van der Waals surface area contributed by atoms with Gasteiger partial charge in [0.1, 0.15) is 5.75 Å². The van der Waals surface area contributed by atoms with Gasteiger partial charge in [-0.1, -0.05) is 17.8 Å². The van der Waals surface area contributed by atoms with E-state index in [1.807, 2.05) is 58.0 Å². The Kier molecular flexibility index (Phi) is 8.90. The lowest BCUT2D eigenvalue weighted by Crippen LogP contribution is -2.39. The zero-order chi connectivity index (χ0) is 29.0. The van der Waals surface area contributed by atoms with E-state index in [9.17, 15) is 19.7 Å². The normalized spacial score (nSPS) is 14.1. The number of aromatic nitrogens is 1. The van der Waals surface area contributed by atoms with Crippen LogP contribution in [0, 0.1) is 24.0 Å². The maximum atomic E-state index is 13.4. The number of anilines is 2. The summed E-state index contributed by atoms with van der Waals surface area (Å²) >= 11 is 6.74. The average Bonchev–Trinajstić information content (AvgIpc) is 3.39. The van der Waals surface area contributed by atoms with Crippen molar-refractivity contribution in [1.29, 1.82) is 0 Å². The third kappa shape index (κ3) is 6.18. The molecule has 40 heavy (non-hydrogen) atoms. The van der Waals surface area contributed by atoms with E-state index in [1.165, 1.54) is 35.0 Å². The van der Waals surface area contributed by atoms with Crippen molar-refractivity contribution < 1.29 is 19.2 Å². The van der Waals surface area contributed by atoms with E-state index < -0.39 is 10.8 Å². The molecule has 1 saturated heterocycles. The fraction of sp³-hybridized carbons (Fsp3) is 0.250. The number of aryl methyl sites for hydroxylation is 2. The van der Waals surface area contributed by atoms with Crippen LogP contribution in [0.1, 0.15) is 30.8 Å². The number of carbonyl (C=O) groups is 2. The fourth-order valence-electron chi connectivity index (χ4n) is 4.34. The Bertz CT molecular complexity index is 1490. The van der Waals surface area contributed by atoms with Gasteiger partial charge in [0.25, 0.3) is 17.5 Å². The molecule has 10 nitrogen and oxygen atoms in total. The zero-order valence-corrected chi connectivity index (χ0v) is 24.2. The summed E-state index contributed by atoms with van der Waals surface area (Å²) in [6, 6.07) is 15.2. The van der Waals surface area contributed by atoms with Crippen molar-refractivity contribution in [2.24, 2.45) is 0 Å². The second-order valence-corrected chi connectivity index (χ2v) is 10.6. The van der Waals surface area contributed by atoms with Crippen molar-refractivity contribution in [3.05, 3.63) is 86.6 Å². The van der Waals surface area contributed by atoms with Crippen LogP contribution in [0.25, 0.3) is 6.08 Å². The highest BCUT2D eigenvalue weighted by atomic mass is 32.2. The van der Waals surface area contributed by atoms with Crippen LogP contribution in [0.2, 0.25) is 0 Å². The van der Waals surface area contributed by atoms with Crippen LogP contribution in [0.3, 0.4) is 0 Å². The number of amides is 2. The Morgan fingerprint density at radius 3 is 2.48 bits per heavy atom. The number of rotatable bonds is 10. The van der Waals surface area contributed by atoms with Gasteiger partial charge in [0.2, 0.25) is 0 Å². The quantitative estimate of drug-likeness (QED) is 0.147. The molecule has 2 heterocycles. The number of nitrogens with zero attached hydrogens (tertiary/aromatic N) is 4. The Morgan fingerprint density at radius 1 is 1.12 bits per heavy atom. The predicted molar refractivity (Wildman–Crippen MR) is 163 cm³/mol. The smallest absolute Gasteiger partial charge is 0.285 e. The summed E-state index contributed by atoms with van der Waals surface area (Å²) in [7, 11) is 0. The first-order valence-corrected chi connectivity index (χ1v) is 13.8. The second kappa shape index (κ2) is 12.3. The molecular weight excluding hydrogens is 550 g/mol. The lowest BCUT2D eigenvalue weighted by atomic mass is 10.1. The van der Waals surface area contributed by atoms with Crippen LogP contribution >= 0.6 is 24.0 Å². The van der Waals surface area contributed by atoms with Crippen molar-refractivity contribution in [2.75, 3.05) is 34.9 Å². The number of non-ortho nitro benzene ring substituents is 1. The van der Waals surface area contributed by atoms with Crippen LogP contribution in [0.15, 0.2) is 59.5 Å². The summed E-state index contributed by atoms with van der Waals surface area (Å²) < 4.78 is 8.15. The highest BCUT2D eigenvalue weighted by Gasteiger charge is 2.35. The van der Waals surface area contributed by atoms with Gasteiger partial charge >= 0.3 is 0 Å². The van der Waals surface area contributed by atoms with Gasteiger partial charge < -0.3 is 15.0 Å². The first-order valence-electron chi connectivity index (χ1n) is 12.6. The summed E-state index contributed by atoms with van der Waals surface area (Å²) in [4.78, 5) is 39.2. The highest BCUT2D eigenvalue weighted by molar-refractivity contribution is 8.27. The third-order valence-corrected chi connectivity index (χ3v) is 7.60. The fourth-order valence-corrected chi connectivity index (χ4v) is 5.57. The number of nitro benzene ring substituents is 1. The van der Waals surface area contributed by atoms with E-state index in [-0.39, 0.29) is 18.2 Å². The van der Waals surface area contributed by atoms with E-state index in [4.69, 9.17) is 17.0 Å². The topological polar surface area (TPSA) is 110 Å². The largest absolute Gasteiger partial charge is 0.483 e. The van der Waals surface area contributed by atoms with Gasteiger partial charge in [0.15, 0.2) is 10.9 Å². The maximum Gasteiger partial charge on any atom is 0.285 e. The van der Waals surface area contributed by atoms with Gasteiger partial charge in [-0.05, 0) is 76.3 Å². The number of hydrogen-bond acceptors (Lipinski definition) is 8. The first-order chi connectivity index (χ1) is 19.1. The number of thioether (sulfide) groups is 1. The number of nitro groups is 1. The summed E-state index contributed by atoms with van der Waals surface area (Å²) in [6.45, 7) is 9.11. The number of benzene rings is 2. The molecule has 12 heteroatoms. The van der Waals surface area contributed by atoms with Gasteiger partial charge in [-0.25, -0.2) is 0 Å². The molecule has 2 amide bonds. The number of nitrogens with one attached hydrogen (secondary N) is 1. The van der Waals surface area contributed by atoms with Crippen LogP contribution in [0.4, 0.5) is 17.1 Å². The molecule has 0 saturated carbocycles. The van der Waals surface area contributed by atoms with Crippen LogP contribution in [-0.4, -0.2) is 45.4 Å². The Hall–Kier alpha value is -4.16. The molecule has 1 aliphatic heterocycles. The van der Waals surface area contributed by atoms with Crippen LogP contribution in [0.5, 0.6) is 5.75 Å². The maximum absolute atomic E-state index is 13.4. The molecule has 0 aliphatic carbocycles. The van der Waals surface area contributed by atoms with Crippen LogP contribution < -0.4 is 20.0 Å². The minimum Gasteiger partial charge on any atom is -0.483 e. The molecule has 1 aliphatic rings. The highest BCUT2D eigenvalue weighted by Crippen LogP contribution is 2.35. The third-order valence-electron chi connectivity index (χ3n) is 6.32. The van der Waals surface area contributed by atoms with Gasteiger partial charge in [-0.3, -0.25) is 24.4 Å². The molecule has 1 fully saturated rings. The van der Waals surface area contributed by atoms with E-state index in [1.54, 1.807) is 16.8 Å². The Balaban J connectivity index is 1.60. The molecule has 1 N–H and O–H groups in total. The molecule has 4 rings (SSSR count). The molecule has 0 radical (unpaired) electrons. The monoisotopic (exact) mass is 579 g/mol. The minimum absolute atomic E-state index is 0.129. The van der Waals surface area contributed by atoms with Crippen LogP contribution in [-0.2, 0) is 9.59 Å². The van der Waals surface area contributed by atoms with Crippen molar-refractivity contribution in [2.45, 2.75) is 27.7 Å². The SMILES string of the molecule is CCN(CC)c1ccc(/C=C2/SC(=S)N(n3c(C)ccc3C)C2=O)c(OCC(=O)Nc2cccc([N+](=O)[O-])c2)c1. The molecule has 0 unspecified atom stereocenters. The zero-order valence-electron chi connectivity index (χ0n) is 22.5. The summed E-state index contributed by atoms with van der Waals surface area (Å²) in [5.74, 6) is -0.318. The number of thiocarbonyl (C=S) groups is 1. The molecule has 2 aromatic carbocycles. The lowest BCUT2D eigenvalue weighted by molar-refractivity contribution is -0.384. The van der Waals surface area contributed by atoms with Crippen molar-refractivity contribution >= 4 is 63.3 Å². The second-order valence-electron chi connectivity index (χ2n) is 8.96. The molecule has 1 aromatic heterocycles. The first kappa shape index (κ1) is 28.8. The Labute approximate surface area is 241 Å². The van der Waals surface area contributed by atoms with Crippen molar-refractivity contribution in [3.63, 3.8) is 0 Å². The number of ether oxygens (including phenoxy) is 1. The van der Waals surface area contributed by atoms with E-state index >= 15 is 0 Å². The average molecular weight is 580 g/mol. The van der Waals surface area contributed by atoms with Gasteiger partial charge in [0.05, 0.1) is 9.83 Å². The summed E-state index contributed by atoms with van der Waals surface area (Å²) in [6.07, 6.45) is 1.72. The van der Waals surface area contributed by atoms with Gasteiger partial charge in [0, 0.05) is 59.6 Å². The molecular formula is C28H29N5O5S2. The number of hydrogen-bond donors (Lipinski definition) is 1. The summed E-state index contributed by atoms with van der Waals surface area (Å²) in [5.41, 5.74) is 3.45. The number of carbonyl (C=O) groups excluding carboxylic acids is 2. The minimum atomic E-state index is -0.529. The van der Waals surface area contributed by atoms with Crippen molar-refractivity contribution in [3.8, 4) is 5.75 Å². The molecule has 3 aromatic rings. The molecule has 208 valence electrons. The standard InChI is InChI=1S/C28H29N5O5S2/c1-5-30(6-2)22-13-12-20(14-25-27(35)32(28(39)40-25)31-18(3)10-11-19(31)4)24(16-22)38-17-26(34)29-21-8-7-9-23(15-21)33(36)37/h7-16H,5-6,17H2,1-4H3,(H,29,34)/b25-14+. The lowest BCUT2D eigenvalue weighted by Gasteiger charge is -2.22. The van der Waals surface area contributed by atoms with E-state index in [0.29, 0.717) is 26.2 Å². The molecule has 0 bridgehead atoms. The summed E-state index contributed by atoms with van der Waals surface area (Å²) in [5, 5.41) is 15.2. The Morgan fingerprint density at radius 2 is 1.82 bits per heavy atom. The van der Waals surface area contributed by atoms with E-state index in [2.05, 4.69) is 10.2 Å². The molecule has 0 spiro atoms.